The molecule has 0 bridgehead atoms. The van der Waals surface area contributed by atoms with E-state index < -0.39 is 0 Å². The normalized spacial score (nSPS) is 14.9. The second-order valence-electron chi connectivity index (χ2n) is 4.89. The molecule has 2 N–H and O–H groups in total. The van der Waals surface area contributed by atoms with Gasteiger partial charge in [0.15, 0.2) is 0 Å². The number of rotatable bonds is 2. The monoisotopic (exact) mass is 260 g/mol. The molecule has 1 saturated heterocycles. The zero-order valence-corrected chi connectivity index (χ0v) is 11.5. The number of amides is 2. The highest BCUT2D eigenvalue weighted by Crippen LogP contribution is 2.14. The third-order valence-electron chi connectivity index (χ3n) is 3.02. The lowest BCUT2D eigenvalue weighted by Crippen LogP contribution is -2.25. The van der Waals surface area contributed by atoms with E-state index in [9.17, 15) is 4.79 Å². The Kier molecular flexibility index (Phi) is 4.58. The van der Waals surface area contributed by atoms with Crippen LogP contribution >= 0.6 is 0 Å². The lowest BCUT2D eigenvalue weighted by Gasteiger charge is -2.14. The van der Waals surface area contributed by atoms with Crippen LogP contribution in [0.15, 0.2) is 30.0 Å². The molecule has 0 radical (unpaired) electrons. The molecule has 1 aliphatic heterocycles. The number of urea groups is 1. The van der Waals surface area contributed by atoms with Crippen molar-refractivity contribution in [3.63, 3.8) is 0 Å². The summed E-state index contributed by atoms with van der Waals surface area (Å²) in [6.45, 7) is 5.51. The Morgan fingerprint density at radius 3 is 2.42 bits per heavy atom. The Morgan fingerprint density at radius 2 is 1.79 bits per heavy atom. The SMILES string of the molecule is Cc1cc(C)cc(NC(=O)NC=C2CCOCC2)c1. The summed E-state index contributed by atoms with van der Waals surface area (Å²) in [5.41, 5.74) is 4.32. The van der Waals surface area contributed by atoms with Gasteiger partial charge in [-0.2, -0.15) is 0 Å². The van der Waals surface area contributed by atoms with Crippen molar-refractivity contribution in [2.24, 2.45) is 0 Å². The van der Waals surface area contributed by atoms with Crippen LogP contribution in [0.5, 0.6) is 0 Å². The van der Waals surface area contributed by atoms with E-state index in [0.29, 0.717) is 0 Å². The molecule has 2 amide bonds. The molecule has 1 heterocycles. The predicted molar refractivity (Wildman–Crippen MR) is 76.2 cm³/mol. The minimum Gasteiger partial charge on any atom is -0.381 e. The van der Waals surface area contributed by atoms with E-state index in [1.165, 1.54) is 5.57 Å². The van der Waals surface area contributed by atoms with Crippen LogP contribution in [0.2, 0.25) is 0 Å². The maximum absolute atomic E-state index is 11.8. The van der Waals surface area contributed by atoms with Crippen LogP contribution < -0.4 is 10.6 Å². The molecular formula is C15H20N2O2. The first kappa shape index (κ1) is 13.6. The van der Waals surface area contributed by atoms with Gasteiger partial charge >= 0.3 is 6.03 Å². The Bertz CT molecular complexity index is 467. The van der Waals surface area contributed by atoms with Crippen LogP contribution in [0, 0.1) is 13.8 Å². The molecule has 0 atom stereocenters. The van der Waals surface area contributed by atoms with Gasteiger partial charge in [-0.05, 0) is 55.5 Å². The van der Waals surface area contributed by atoms with Crippen molar-refractivity contribution in [3.05, 3.63) is 41.1 Å². The molecule has 0 unspecified atom stereocenters. The van der Waals surface area contributed by atoms with Crippen molar-refractivity contribution in [2.75, 3.05) is 18.5 Å². The summed E-state index contributed by atoms with van der Waals surface area (Å²) in [6.07, 6.45) is 3.58. The van der Waals surface area contributed by atoms with Gasteiger partial charge in [0.2, 0.25) is 0 Å². The minimum atomic E-state index is -0.205. The van der Waals surface area contributed by atoms with Crippen molar-refractivity contribution in [3.8, 4) is 0 Å². The Balaban J connectivity index is 1.90. The summed E-state index contributed by atoms with van der Waals surface area (Å²) in [7, 11) is 0. The van der Waals surface area contributed by atoms with E-state index in [1.54, 1.807) is 6.20 Å². The van der Waals surface area contributed by atoms with Crippen molar-refractivity contribution >= 4 is 11.7 Å². The van der Waals surface area contributed by atoms with E-state index in [1.807, 2.05) is 26.0 Å². The Hall–Kier alpha value is -1.81. The van der Waals surface area contributed by atoms with Crippen LogP contribution in [0.3, 0.4) is 0 Å². The molecular weight excluding hydrogens is 240 g/mol. The van der Waals surface area contributed by atoms with Gasteiger partial charge in [-0.1, -0.05) is 6.07 Å². The smallest absolute Gasteiger partial charge is 0.323 e. The molecule has 1 fully saturated rings. The molecule has 0 saturated carbocycles. The standard InChI is InChI=1S/C15H20N2O2/c1-11-7-12(2)9-14(8-11)17-15(18)16-10-13-3-5-19-6-4-13/h7-10H,3-6H2,1-2H3,(H2,16,17,18). The molecule has 2 rings (SSSR count). The van der Waals surface area contributed by atoms with E-state index in [0.717, 1.165) is 42.9 Å². The van der Waals surface area contributed by atoms with Crippen molar-refractivity contribution in [1.82, 2.24) is 5.32 Å². The van der Waals surface area contributed by atoms with Gasteiger partial charge in [0, 0.05) is 11.9 Å². The first-order valence-corrected chi connectivity index (χ1v) is 6.55. The highest BCUT2D eigenvalue weighted by molar-refractivity contribution is 5.90. The Labute approximate surface area is 113 Å². The Morgan fingerprint density at radius 1 is 1.16 bits per heavy atom. The zero-order chi connectivity index (χ0) is 13.7. The average molecular weight is 260 g/mol. The van der Waals surface area contributed by atoms with E-state index >= 15 is 0 Å². The first-order chi connectivity index (χ1) is 9.13. The van der Waals surface area contributed by atoms with Crippen LogP contribution in [0.4, 0.5) is 10.5 Å². The number of benzene rings is 1. The number of hydrogen-bond donors (Lipinski definition) is 2. The van der Waals surface area contributed by atoms with E-state index in [2.05, 4.69) is 16.7 Å². The summed E-state index contributed by atoms with van der Waals surface area (Å²) < 4.78 is 5.26. The minimum absolute atomic E-state index is 0.205. The lowest BCUT2D eigenvalue weighted by molar-refractivity contribution is 0.119. The van der Waals surface area contributed by atoms with Gasteiger partial charge in [-0.3, -0.25) is 0 Å². The fourth-order valence-electron chi connectivity index (χ4n) is 2.16. The number of aryl methyl sites for hydroxylation is 2. The average Bonchev–Trinajstić information content (AvgIpc) is 2.36. The summed E-state index contributed by atoms with van der Waals surface area (Å²) >= 11 is 0. The van der Waals surface area contributed by atoms with Gasteiger partial charge in [0.05, 0.1) is 13.2 Å². The fourth-order valence-corrected chi connectivity index (χ4v) is 2.16. The molecule has 19 heavy (non-hydrogen) atoms. The van der Waals surface area contributed by atoms with Crippen LogP contribution in [0.1, 0.15) is 24.0 Å². The van der Waals surface area contributed by atoms with Crippen LogP contribution in [0.25, 0.3) is 0 Å². The maximum atomic E-state index is 11.8. The number of anilines is 1. The summed E-state index contributed by atoms with van der Waals surface area (Å²) in [4.78, 5) is 11.8. The quantitative estimate of drug-likeness (QED) is 0.858. The van der Waals surface area contributed by atoms with Crippen LogP contribution in [-0.4, -0.2) is 19.2 Å². The topological polar surface area (TPSA) is 50.4 Å². The molecule has 0 aliphatic carbocycles. The highest BCUT2D eigenvalue weighted by atomic mass is 16.5. The predicted octanol–water partition coefficient (Wildman–Crippen LogP) is 3.12. The molecule has 1 aliphatic rings. The van der Waals surface area contributed by atoms with Crippen molar-refractivity contribution < 1.29 is 9.53 Å². The number of carbonyl (C=O) groups is 1. The third-order valence-corrected chi connectivity index (χ3v) is 3.02. The zero-order valence-electron chi connectivity index (χ0n) is 11.5. The van der Waals surface area contributed by atoms with Crippen molar-refractivity contribution in [1.29, 1.82) is 0 Å². The molecule has 4 nitrogen and oxygen atoms in total. The van der Waals surface area contributed by atoms with Gasteiger partial charge in [0.1, 0.15) is 0 Å². The third kappa shape index (κ3) is 4.41. The van der Waals surface area contributed by atoms with E-state index in [4.69, 9.17) is 4.74 Å². The molecule has 0 spiro atoms. The van der Waals surface area contributed by atoms with Crippen LogP contribution in [-0.2, 0) is 4.74 Å². The summed E-state index contributed by atoms with van der Waals surface area (Å²) in [5.74, 6) is 0. The summed E-state index contributed by atoms with van der Waals surface area (Å²) in [6, 6.07) is 5.78. The first-order valence-electron chi connectivity index (χ1n) is 6.55. The number of carbonyl (C=O) groups excluding carboxylic acids is 1. The lowest BCUT2D eigenvalue weighted by atomic mass is 10.1. The van der Waals surface area contributed by atoms with E-state index in [-0.39, 0.29) is 6.03 Å². The molecule has 1 aromatic carbocycles. The highest BCUT2D eigenvalue weighted by Gasteiger charge is 2.06. The number of ether oxygens (including phenoxy) is 1. The number of hydrogen-bond acceptors (Lipinski definition) is 2. The molecule has 1 aromatic rings. The van der Waals surface area contributed by atoms with Gasteiger partial charge in [0.25, 0.3) is 0 Å². The maximum Gasteiger partial charge on any atom is 0.323 e. The number of nitrogens with one attached hydrogen (secondary N) is 2. The van der Waals surface area contributed by atoms with Gasteiger partial charge in [-0.15, -0.1) is 0 Å². The fraction of sp³-hybridized carbons (Fsp3) is 0.400. The molecule has 0 aromatic heterocycles. The van der Waals surface area contributed by atoms with Gasteiger partial charge in [-0.25, -0.2) is 4.79 Å². The van der Waals surface area contributed by atoms with Crippen molar-refractivity contribution in [2.45, 2.75) is 26.7 Å². The van der Waals surface area contributed by atoms with Gasteiger partial charge < -0.3 is 15.4 Å². The second kappa shape index (κ2) is 6.38. The molecule has 4 heteroatoms. The summed E-state index contributed by atoms with van der Waals surface area (Å²) in [5, 5.41) is 5.61. The largest absolute Gasteiger partial charge is 0.381 e. The molecule has 102 valence electrons. The second-order valence-corrected chi connectivity index (χ2v) is 4.89.